The summed E-state index contributed by atoms with van der Waals surface area (Å²) in [4.78, 5) is 27.2. The molecule has 1 aromatic carbocycles. The van der Waals surface area contributed by atoms with E-state index in [4.69, 9.17) is 4.74 Å². The fourth-order valence-corrected chi connectivity index (χ4v) is 3.24. The fraction of sp³-hybridized carbons (Fsp3) is 0.368. The summed E-state index contributed by atoms with van der Waals surface area (Å²) in [5, 5.41) is 14.0. The molecule has 0 atom stereocenters. The topological polar surface area (TPSA) is 94.4 Å². The lowest BCUT2D eigenvalue weighted by Crippen LogP contribution is -2.40. The average molecular weight is 355 g/mol. The average Bonchev–Trinajstić information content (AvgIpc) is 2.64. The van der Waals surface area contributed by atoms with Gasteiger partial charge in [-0.3, -0.25) is 14.9 Å². The van der Waals surface area contributed by atoms with Gasteiger partial charge >= 0.3 is 0 Å². The van der Waals surface area contributed by atoms with Crippen molar-refractivity contribution in [3.8, 4) is 5.88 Å². The first-order chi connectivity index (χ1) is 12.5. The molecule has 1 fully saturated rings. The van der Waals surface area contributed by atoms with E-state index in [0.29, 0.717) is 17.0 Å². The van der Waals surface area contributed by atoms with Gasteiger partial charge in [0.05, 0.1) is 4.92 Å². The van der Waals surface area contributed by atoms with Crippen molar-refractivity contribution in [2.24, 2.45) is 0 Å². The Morgan fingerprint density at radius 1 is 1.19 bits per heavy atom. The van der Waals surface area contributed by atoms with E-state index in [1.165, 1.54) is 12.1 Å². The van der Waals surface area contributed by atoms with Gasteiger partial charge in [-0.05, 0) is 44.7 Å². The summed E-state index contributed by atoms with van der Waals surface area (Å²) < 4.78 is 5.86. The SMILES string of the molecule is Cc1c(C(=O)NC2CCC(Oc3ccccn3)CC2)cccc1[N+](=O)[O-]. The third kappa shape index (κ3) is 4.17. The Kier molecular flexibility index (Phi) is 5.46. The van der Waals surface area contributed by atoms with Gasteiger partial charge in [-0.1, -0.05) is 12.1 Å². The molecular weight excluding hydrogens is 334 g/mol. The third-order valence-corrected chi connectivity index (χ3v) is 4.68. The normalized spacial score (nSPS) is 19.6. The summed E-state index contributed by atoms with van der Waals surface area (Å²) >= 11 is 0. The van der Waals surface area contributed by atoms with Crippen LogP contribution in [0, 0.1) is 17.0 Å². The van der Waals surface area contributed by atoms with E-state index in [1.54, 1.807) is 19.2 Å². The van der Waals surface area contributed by atoms with Crippen LogP contribution in [-0.4, -0.2) is 28.0 Å². The van der Waals surface area contributed by atoms with Crippen LogP contribution in [-0.2, 0) is 0 Å². The maximum atomic E-state index is 12.5. The van der Waals surface area contributed by atoms with Gasteiger partial charge in [0.1, 0.15) is 6.10 Å². The van der Waals surface area contributed by atoms with Gasteiger partial charge in [-0.25, -0.2) is 4.98 Å². The molecule has 136 valence electrons. The number of ether oxygens (including phenoxy) is 1. The molecule has 1 saturated carbocycles. The molecule has 0 radical (unpaired) electrons. The van der Waals surface area contributed by atoms with Gasteiger partial charge in [0.15, 0.2) is 0 Å². The van der Waals surface area contributed by atoms with Crippen molar-refractivity contribution < 1.29 is 14.5 Å². The lowest BCUT2D eigenvalue weighted by Gasteiger charge is -2.29. The standard InChI is InChI=1S/C19H21N3O4/c1-13-16(5-4-6-17(13)22(24)25)19(23)21-14-8-10-15(11-9-14)26-18-7-2-3-12-20-18/h2-7,12,14-15H,8-11H2,1H3,(H,21,23). The zero-order valence-corrected chi connectivity index (χ0v) is 14.6. The van der Waals surface area contributed by atoms with E-state index < -0.39 is 4.92 Å². The van der Waals surface area contributed by atoms with Gasteiger partial charge < -0.3 is 10.1 Å². The Morgan fingerprint density at radius 3 is 2.62 bits per heavy atom. The van der Waals surface area contributed by atoms with Crippen molar-refractivity contribution >= 4 is 11.6 Å². The number of nitrogens with zero attached hydrogens (tertiary/aromatic N) is 2. The first-order valence-corrected chi connectivity index (χ1v) is 8.67. The summed E-state index contributed by atoms with van der Waals surface area (Å²) in [5.41, 5.74) is 0.707. The first kappa shape index (κ1) is 17.8. The Hall–Kier alpha value is -2.96. The van der Waals surface area contributed by atoms with Crippen molar-refractivity contribution in [1.29, 1.82) is 0 Å². The van der Waals surface area contributed by atoms with Crippen LogP contribution >= 0.6 is 0 Å². The highest BCUT2D eigenvalue weighted by Crippen LogP contribution is 2.24. The summed E-state index contributed by atoms with van der Waals surface area (Å²) in [5.74, 6) is 0.354. The number of benzene rings is 1. The van der Waals surface area contributed by atoms with Crippen LogP contribution in [0.4, 0.5) is 5.69 Å². The second kappa shape index (κ2) is 7.95. The number of aromatic nitrogens is 1. The smallest absolute Gasteiger partial charge is 0.273 e. The minimum atomic E-state index is -0.466. The highest BCUT2D eigenvalue weighted by molar-refractivity contribution is 5.96. The van der Waals surface area contributed by atoms with Crippen molar-refractivity contribution in [3.63, 3.8) is 0 Å². The summed E-state index contributed by atoms with van der Waals surface area (Å²) in [6.45, 7) is 1.60. The molecule has 1 N–H and O–H groups in total. The van der Waals surface area contributed by atoms with Crippen molar-refractivity contribution in [2.45, 2.75) is 44.8 Å². The molecule has 26 heavy (non-hydrogen) atoms. The van der Waals surface area contributed by atoms with E-state index in [2.05, 4.69) is 10.3 Å². The van der Waals surface area contributed by atoms with E-state index >= 15 is 0 Å². The highest BCUT2D eigenvalue weighted by atomic mass is 16.6. The van der Waals surface area contributed by atoms with Crippen LogP contribution in [0.15, 0.2) is 42.6 Å². The first-order valence-electron chi connectivity index (χ1n) is 8.67. The Bertz CT molecular complexity index is 787. The molecule has 2 aromatic rings. The second-order valence-electron chi connectivity index (χ2n) is 6.44. The summed E-state index contributed by atoms with van der Waals surface area (Å²) in [7, 11) is 0. The van der Waals surface area contributed by atoms with E-state index in [1.807, 2.05) is 18.2 Å². The van der Waals surface area contributed by atoms with Gasteiger partial charge in [0, 0.05) is 35.5 Å². The molecule has 1 aliphatic carbocycles. The molecule has 0 spiro atoms. The van der Waals surface area contributed by atoms with Gasteiger partial charge in [0.25, 0.3) is 11.6 Å². The Balaban J connectivity index is 1.55. The maximum Gasteiger partial charge on any atom is 0.273 e. The van der Waals surface area contributed by atoms with Crippen LogP contribution in [0.1, 0.15) is 41.6 Å². The zero-order chi connectivity index (χ0) is 18.5. The fourth-order valence-electron chi connectivity index (χ4n) is 3.24. The predicted molar refractivity (Wildman–Crippen MR) is 96.2 cm³/mol. The molecular formula is C19H21N3O4. The lowest BCUT2D eigenvalue weighted by molar-refractivity contribution is -0.385. The number of hydrogen-bond donors (Lipinski definition) is 1. The van der Waals surface area contributed by atoms with Crippen molar-refractivity contribution in [1.82, 2.24) is 10.3 Å². The van der Waals surface area contributed by atoms with E-state index in [9.17, 15) is 14.9 Å². The Labute approximate surface area is 151 Å². The number of nitrogens with one attached hydrogen (secondary N) is 1. The molecule has 1 aliphatic rings. The largest absolute Gasteiger partial charge is 0.474 e. The number of nitro groups is 1. The molecule has 0 bridgehead atoms. The van der Waals surface area contributed by atoms with Crippen LogP contribution in [0.3, 0.4) is 0 Å². The predicted octanol–water partition coefficient (Wildman–Crippen LogP) is 3.42. The number of carbonyl (C=O) groups excluding carboxylic acids is 1. The highest BCUT2D eigenvalue weighted by Gasteiger charge is 2.25. The number of amides is 1. The maximum absolute atomic E-state index is 12.5. The summed E-state index contributed by atoms with van der Waals surface area (Å²) in [6.07, 6.45) is 5.06. The molecule has 1 amide bonds. The lowest BCUT2D eigenvalue weighted by atomic mass is 9.92. The number of pyridine rings is 1. The number of rotatable bonds is 5. The molecule has 0 aliphatic heterocycles. The number of carbonyl (C=O) groups is 1. The van der Waals surface area contributed by atoms with Crippen LogP contribution in [0.5, 0.6) is 5.88 Å². The molecule has 3 rings (SSSR count). The molecule has 1 aromatic heterocycles. The Morgan fingerprint density at radius 2 is 1.96 bits per heavy atom. The van der Waals surface area contributed by atoms with Crippen LogP contribution in [0.2, 0.25) is 0 Å². The minimum absolute atomic E-state index is 0.0369. The minimum Gasteiger partial charge on any atom is -0.474 e. The molecule has 7 nitrogen and oxygen atoms in total. The van der Waals surface area contributed by atoms with Crippen molar-refractivity contribution in [3.05, 3.63) is 63.8 Å². The van der Waals surface area contributed by atoms with Crippen LogP contribution in [0.25, 0.3) is 0 Å². The van der Waals surface area contributed by atoms with Gasteiger partial charge in [-0.15, -0.1) is 0 Å². The van der Waals surface area contributed by atoms with E-state index in [0.717, 1.165) is 25.7 Å². The second-order valence-corrected chi connectivity index (χ2v) is 6.44. The zero-order valence-electron chi connectivity index (χ0n) is 14.6. The monoisotopic (exact) mass is 355 g/mol. The quantitative estimate of drug-likeness (QED) is 0.655. The van der Waals surface area contributed by atoms with Crippen molar-refractivity contribution in [2.75, 3.05) is 0 Å². The third-order valence-electron chi connectivity index (χ3n) is 4.68. The van der Waals surface area contributed by atoms with Crippen LogP contribution < -0.4 is 10.1 Å². The molecule has 1 heterocycles. The molecule has 0 unspecified atom stereocenters. The number of nitro benzene ring substituents is 1. The summed E-state index contributed by atoms with van der Waals surface area (Å²) in [6, 6.07) is 10.2. The van der Waals surface area contributed by atoms with Gasteiger partial charge in [-0.2, -0.15) is 0 Å². The molecule has 0 saturated heterocycles. The molecule has 7 heteroatoms. The van der Waals surface area contributed by atoms with Gasteiger partial charge in [0.2, 0.25) is 5.88 Å². The van der Waals surface area contributed by atoms with E-state index in [-0.39, 0.29) is 23.7 Å². The number of hydrogen-bond acceptors (Lipinski definition) is 5.